The van der Waals surface area contributed by atoms with E-state index in [1.54, 1.807) is 6.20 Å². The van der Waals surface area contributed by atoms with Crippen molar-refractivity contribution >= 4 is 5.82 Å². The highest BCUT2D eigenvalue weighted by Gasteiger charge is 2.17. The van der Waals surface area contributed by atoms with E-state index >= 15 is 0 Å². The van der Waals surface area contributed by atoms with E-state index in [4.69, 9.17) is 5.73 Å². The number of anilines is 1. The zero-order valence-electron chi connectivity index (χ0n) is 11.0. The van der Waals surface area contributed by atoms with Crippen molar-refractivity contribution in [2.75, 3.05) is 5.73 Å². The van der Waals surface area contributed by atoms with Gasteiger partial charge in [0.25, 0.3) is 0 Å². The molecule has 0 saturated heterocycles. The molecule has 0 aromatic carbocycles. The summed E-state index contributed by atoms with van der Waals surface area (Å²) in [6.45, 7) is 4.42. The van der Waals surface area contributed by atoms with Crippen LogP contribution in [0.1, 0.15) is 44.7 Å². The summed E-state index contributed by atoms with van der Waals surface area (Å²) in [4.78, 5) is 4.15. The number of nitrogen functional groups attached to an aromatic ring is 1. The molecule has 4 nitrogen and oxygen atoms in total. The maximum atomic E-state index is 5.97. The van der Waals surface area contributed by atoms with Crippen molar-refractivity contribution in [3.8, 4) is 11.1 Å². The van der Waals surface area contributed by atoms with E-state index < -0.39 is 0 Å². The smallest absolute Gasteiger partial charge is 0.153 e. The molecule has 0 saturated carbocycles. The molecular weight excluding hydrogens is 224 g/mol. The Morgan fingerprint density at radius 2 is 2.28 bits per heavy atom. The van der Waals surface area contributed by atoms with Crippen molar-refractivity contribution in [2.45, 2.75) is 39.0 Å². The summed E-state index contributed by atoms with van der Waals surface area (Å²) in [5.74, 6) is 0.992. The third-order valence-corrected chi connectivity index (χ3v) is 3.26. The minimum atomic E-state index is 0.435. The third kappa shape index (κ3) is 2.53. The maximum Gasteiger partial charge on any atom is 0.153 e. The van der Waals surface area contributed by atoms with Gasteiger partial charge in [0.15, 0.2) is 5.82 Å². The first-order chi connectivity index (χ1) is 8.74. The van der Waals surface area contributed by atoms with Crippen LogP contribution in [0.25, 0.3) is 11.1 Å². The van der Waals surface area contributed by atoms with E-state index in [0.29, 0.717) is 11.7 Å². The Morgan fingerprint density at radius 3 is 2.94 bits per heavy atom. The molecule has 0 aliphatic heterocycles. The Hall–Kier alpha value is -1.84. The number of pyridine rings is 1. The van der Waals surface area contributed by atoms with Crippen molar-refractivity contribution in [2.24, 2.45) is 0 Å². The molecule has 2 rings (SSSR count). The van der Waals surface area contributed by atoms with Crippen molar-refractivity contribution in [1.82, 2.24) is 15.2 Å². The lowest BCUT2D eigenvalue weighted by Gasteiger charge is -2.11. The molecule has 0 radical (unpaired) electrons. The van der Waals surface area contributed by atoms with Crippen molar-refractivity contribution in [1.29, 1.82) is 0 Å². The molecule has 0 aliphatic rings. The molecule has 0 amide bonds. The lowest BCUT2D eigenvalue weighted by atomic mass is 9.95. The fraction of sp³-hybridized carbons (Fsp3) is 0.429. The lowest BCUT2D eigenvalue weighted by Crippen LogP contribution is -1.97. The van der Waals surface area contributed by atoms with Gasteiger partial charge in [-0.25, -0.2) is 0 Å². The predicted octanol–water partition coefficient (Wildman–Crippen LogP) is 3.35. The number of hydrogen-bond acceptors (Lipinski definition) is 3. The zero-order valence-corrected chi connectivity index (χ0v) is 11.0. The van der Waals surface area contributed by atoms with Gasteiger partial charge < -0.3 is 5.73 Å². The fourth-order valence-corrected chi connectivity index (χ4v) is 2.20. The molecule has 2 aromatic rings. The van der Waals surface area contributed by atoms with E-state index in [2.05, 4.69) is 29.0 Å². The highest BCUT2D eigenvalue weighted by Crippen LogP contribution is 2.33. The quantitative estimate of drug-likeness (QED) is 0.847. The van der Waals surface area contributed by atoms with Crippen molar-refractivity contribution in [3.63, 3.8) is 0 Å². The first-order valence-electron chi connectivity index (χ1n) is 6.48. The molecule has 3 N–H and O–H groups in total. The number of H-pyrrole nitrogens is 1. The van der Waals surface area contributed by atoms with Crippen LogP contribution in [0.3, 0.4) is 0 Å². The molecule has 18 heavy (non-hydrogen) atoms. The molecule has 0 fully saturated rings. The van der Waals surface area contributed by atoms with Gasteiger partial charge in [0.1, 0.15) is 0 Å². The summed E-state index contributed by atoms with van der Waals surface area (Å²) in [6.07, 6.45) is 7.16. The molecule has 2 heterocycles. The minimum absolute atomic E-state index is 0.435. The van der Waals surface area contributed by atoms with Gasteiger partial charge in [-0.2, -0.15) is 5.10 Å². The Labute approximate surface area is 108 Å². The molecule has 2 aromatic heterocycles. The van der Waals surface area contributed by atoms with Gasteiger partial charge in [0.2, 0.25) is 0 Å². The van der Waals surface area contributed by atoms with Crippen LogP contribution in [0.5, 0.6) is 0 Å². The third-order valence-electron chi connectivity index (χ3n) is 3.26. The van der Waals surface area contributed by atoms with Crippen LogP contribution >= 0.6 is 0 Å². The molecule has 0 bridgehead atoms. The van der Waals surface area contributed by atoms with Crippen LogP contribution in [0, 0.1) is 0 Å². The zero-order chi connectivity index (χ0) is 13.0. The van der Waals surface area contributed by atoms with E-state index in [9.17, 15) is 0 Å². The van der Waals surface area contributed by atoms with Gasteiger partial charge in [-0.15, -0.1) is 0 Å². The number of hydrogen-bond donors (Lipinski definition) is 2. The standard InChI is InChI=1S/C14H20N4/c1-3-4-6-10(2)13-12(14(15)18-17-13)11-7-5-8-16-9-11/h5,7-10H,3-4,6H2,1-2H3,(H3,15,17,18). The summed E-state index contributed by atoms with van der Waals surface area (Å²) in [5.41, 5.74) is 9.13. The second-order valence-electron chi connectivity index (χ2n) is 4.68. The normalized spacial score (nSPS) is 12.6. The second-order valence-corrected chi connectivity index (χ2v) is 4.68. The summed E-state index contributed by atoms with van der Waals surface area (Å²) in [6, 6.07) is 3.94. The van der Waals surface area contributed by atoms with E-state index in [1.807, 2.05) is 18.3 Å². The summed E-state index contributed by atoms with van der Waals surface area (Å²) < 4.78 is 0. The Balaban J connectivity index is 2.33. The summed E-state index contributed by atoms with van der Waals surface area (Å²) in [7, 11) is 0. The SMILES string of the molecule is CCCCC(C)c1[nH]nc(N)c1-c1cccnc1. The number of aromatic nitrogens is 3. The summed E-state index contributed by atoms with van der Waals surface area (Å²) >= 11 is 0. The monoisotopic (exact) mass is 244 g/mol. The minimum Gasteiger partial charge on any atom is -0.382 e. The molecule has 96 valence electrons. The molecule has 4 heteroatoms. The number of aromatic amines is 1. The Morgan fingerprint density at radius 1 is 1.44 bits per heavy atom. The number of unbranched alkanes of at least 4 members (excludes halogenated alkanes) is 1. The lowest BCUT2D eigenvalue weighted by molar-refractivity contribution is 0.610. The molecule has 1 unspecified atom stereocenters. The highest BCUT2D eigenvalue weighted by molar-refractivity contribution is 5.76. The van der Waals surface area contributed by atoms with Crippen LogP contribution < -0.4 is 5.73 Å². The molecule has 0 spiro atoms. The van der Waals surface area contributed by atoms with Gasteiger partial charge >= 0.3 is 0 Å². The molecule has 0 aliphatic carbocycles. The number of rotatable bonds is 5. The highest BCUT2D eigenvalue weighted by atomic mass is 15.2. The first kappa shape index (κ1) is 12.6. The first-order valence-corrected chi connectivity index (χ1v) is 6.48. The van der Waals surface area contributed by atoms with Crippen molar-refractivity contribution in [3.05, 3.63) is 30.2 Å². The summed E-state index contributed by atoms with van der Waals surface area (Å²) in [5, 5.41) is 7.23. The fourth-order valence-electron chi connectivity index (χ4n) is 2.20. The number of nitrogens with two attached hydrogens (primary N) is 1. The van der Waals surface area contributed by atoms with E-state index in [0.717, 1.165) is 23.2 Å². The van der Waals surface area contributed by atoms with Crippen LogP contribution in [0.15, 0.2) is 24.5 Å². The van der Waals surface area contributed by atoms with Gasteiger partial charge in [-0.3, -0.25) is 10.1 Å². The number of nitrogens with one attached hydrogen (secondary N) is 1. The topological polar surface area (TPSA) is 67.6 Å². The molecular formula is C14H20N4. The van der Waals surface area contributed by atoms with Gasteiger partial charge in [0.05, 0.1) is 0 Å². The van der Waals surface area contributed by atoms with Gasteiger partial charge in [-0.05, 0) is 18.4 Å². The average Bonchev–Trinajstić information content (AvgIpc) is 2.79. The molecule has 1 atom stereocenters. The average molecular weight is 244 g/mol. The van der Waals surface area contributed by atoms with Crippen LogP contribution in [0.2, 0.25) is 0 Å². The van der Waals surface area contributed by atoms with Crippen LogP contribution in [-0.2, 0) is 0 Å². The predicted molar refractivity (Wildman–Crippen MR) is 74.2 cm³/mol. The second kappa shape index (κ2) is 5.67. The largest absolute Gasteiger partial charge is 0.382 e. The Bertz CT molecular complexity index is 490. The van der Waals surface area contributed by atoms with E-state index in [-0.39, 0.29) is 0 Å². The van der Waals surface area contributed by atoms with Gasteiger partial charge in [0, 0.05) is 29.2 Å². The van der Waals surface area contributed by atoms with Crippen LogP contribution in [-0.4, -0.2) is 15.2 Å². The maximum absolute atomic E-state index is 5.97. The number of nitrogens with zero attached hydrogens (tertiary/aromatic N) is 2. The van der Waals surface area contributed by atoms with Crippen LogP contribution in [0.4, 0.5) is 5.82 Å². The van der Waals surface area contributed by atoms with Gasteiger partial charge in [-0.1, -0.05) is 32.8 Å². The van der Waals surface area contributed by atoms with Crippen molar-refractivity contribution < 1.29 is 0 Å². The van der Waals surface area contributed by atoms with E-state index in [1.165, 1.54) is 12.8 Å². The Kier molecular flexibility index (Phi) is 3.97.